The number of nitrogens with zero attached hydrogens (tertiary/aromatic N) is 2. The minimum Gasteiger partial charge on any atom is -0.482 e. The highest BCUT2D eigenvalue weighted by Crippen LogP contribution is 2.36. The zero-order valence-electron chi connectivity index (χ0n) is 19.8. The van der Waals surface area contributed by atoms with Gasteiger partial charge in [-0.1, -0.05) is 42.2 Å². The van der Waals surface area contributed by atoms with Gasteiger partial charge in [-0.05, 0) is 59.9 Å². The molecule has 2 fully saturated rings. The number of carbonyl (C=O) groups is 2. The molecule has 2 saturated heterocycles. The first-order chi connectivity index (χ1) is 16.9. The minimum atomic E-state index is -0.204. The van der Waals surface area contributed by atoms with E-state index in [-0.39, 0.29) is 18.4 Å². The van der Waals surface area contributed by atoms with E-state index in [2.05, 4.69) is 36.2 Å². The van der Waals surface area contributed by atoms with E-state index in [1.165, 1.54) is 28.5 Å². The Morgan fingerprint density at radius 2 is 1.83 bits per heavy atom. The van der Waals surface area contributed by atoms with Crippen LogP contribution in [0.25, 0.3) is 6.08 Å². The van der Waals surface area contributed by atoms with E-state index in [4.69, 9.17) is 21.7 Å². The first-order valence-corrected chi connectivity index (χ1v) is 12.8. The number of nitrogens with one attached hydrogen (secondary N) is 1. The van der Waals surface area contributed by atoms with Gasteiger partial charge in [0.1, 0.15) is 10.1 Å². The van der Waals surface area contributed by atoms with Gasteiger partial charge >= 0.3 is 0 Å². The summed E-state index contributed by atoms with van der Waals surface area (Å²) in [5, 5.41) is 2.63. The zero-order chi connectivity index (χ0) is 24.5. The maximum atomic E-state index is 12.9. The molecule has 0 saturated carbocycles. The SMILES string of the molecule is Cc1cc(CN2C(=O)COc3ccc(C=C4SC(=S)NC4=O)cc32)cc(C)c1CN1CCOCC1. The standard InChI is InChI=1S/C26H27N3O4S2/c1-16-9-19(10-17(2)20(16)14-28-5-7-32-8-6-28)13-29-21-11-18(3-4-22(21)33-15-24(29)30)12-23-25(31)27-26(34)35-23/h3-4,9-12H,5-8,13-15H2,1-2H3,(H,27,31,34). The van der Waals surface area contributed by atoms with E-state index in [0.29, 0.717) is 27.2 Å². The number of aryl methyl sites for hydroxylation is 2. The molecule has 9 heteroatoms. The van der Waals surface area contributed by atoms with Crippen LogP contribution in [0.1, 0.15) is 27.8 Å². The molecule has 1 N–H and O–H groups in total. The normalized spacial score (nSPS) is 19.7. The van der Waals surface area contributed by atoms with E-state index in [1.54, 1.807) is 11.0 Å². The van der Waals surface area contributed by atoms with Gasteiger partial charge in [0.2, 0.25) is 0 Å². The highest BCUT2D eigenvalue weighted by atomic mass is 32.2. The van der Waals surface area contributed by atoms with Crippen molar-refractivity contribution in [3.63, 3.8) is 0 Å². The van der Waals surface area contributed by atoms with Crippen LogP contribution in [0, 0.1) is 13.8 Å². The second-order valence-electron chi connectivity index (χ2n) is 8.94. The Labute approximate surface area is 214 Å². The quantitative estimate of drug-likeness (QED) is 0.488. The highest BCUT2D eigenvalue weighted by Gasteiger charge is 2.27. The monoisotopic (exact) mass is 509 g/mol. The number of hydrogen-bond acceptors (Lipinski definition) is 7. The lowest BCUT2D eigenvalue weighted by Gasteiger charge is -2.31. The largest absolute Gasteiger partial charge is 0.482 e. The Bertz CT molecular complexity index is 1210. The first-order valence-electron chi connectivity index (χ1n) is 11.6. The number of hydrogen-bond donors (Lipinski definition) is 1. The number of thiocarbonyl (C=S) groups is 1. The van der Waals surface area contributed by atoms with E-state index in [9.17, 15) is 9.59 Å². The first kappa shape index (κ1) is 24.0. The second-order valence-corrected chi connectivity index (χ2v) is 10.7. The molecule has 182 valence electrons. The smallest absolute Gasteiger partial charge is 0.265 e. The van der Waals surface area contributed by atoms with Gasteiger partial charge in [-0.15, -0.1) is 0 Å². The lowest BCUT2D eigenvalue weighted by atomic mass is 9.98. The molecule has 7 nitrogen and oxygen atoms in total. The molecule has 0 unspecified atom stereocenters. The van der Waals surface area contributed by atoms with Crippen molar-refractivity contribution in [2.24, 2.45) is 0 Å². The maximum Gasteiger partial charge on any atom is 0.265 e. The summed E-state index contributed by atoms with van der Waals surface area (Å²) in [4.78, 5) is 29.7. The molecule has 3 aliphatic rings. The van der Waals surface area contributed by atoms with Crippen LogP contribution in [0.5, 0.6) is 5.75 Å². The summed E-state index contributed by atoms with van der Waals surface area (Å²) < 4.78 is 11.6. The van der Waals surface area contributed by atoms with E-state index in [1.807, 2.05) is 18.2 Å². The third-order valence-electron chi connectivity index (χ3n) is 6.45. The highest BCUT2D eigenvalue weighted by molar-refractivity contribution is 8.26. The zero-order valence-corrected chi connectivity index (χ0v) is 21.4. The van der Waals surface area contributed by atoms with Crippen molar-refractivity contribution in [2.45, 2.75) is 26.9 Å². The van der Waals surface area contributed by atoms with Crippen LogP contribution in [-0.4, -0.2) is 53.9 Å². The summed E-state index contributed by atoms with van der Waals surface area (Å²) in [6.07, 6.45) is 1.78. The average molecular weight is 510 g/mol. The Balaban J connectivity index is 1.40. The van der Waals surface area contributed by atoms with Gasteiger partial charge < -0.3 is 19.7 Å². The number of morpholine rings is 1. The van der Waals surface area contributed by atoms with Crippen molar-refractivity contribution < 1.29 is 19.1 Å². The predicted octanol–water partition coefficient (Wildman–Crippen LogP) is 3.55. The number of fused-ring (bicyclic) bond motifs is 1. The molecule has 0 spiro atoms. The van der Waals surface area contributed by atoms with Crippen LogP contribution in [0.15, 0.2) is 35.2 Å². The molecule has 2 amide bonds. The summed E-state index contributed by atoms with van der Waals surface area (Å²) in [5.41, 5.74) is 6.38. The Morgan fingerprint density at radius 1 is 1.09 bits per heavy atom. The molecular formula is C26H27N3O4S2. The average Bonchev–Trinajstić information content (AvgIpc) is 3.15. The van der Waals surface area contributed by atoms with Crippen LogP contribution in [0.4, 0.5) is 5.69 Å². The van der Waals surface area contributed by atoms with Crippen LogP contribution in [0.2, 0.25) is 0 Å². The number of ether oxygens (including phenoxy) is 2. The van der Waals surface area contributed by atoms with Crippen molar-refractivity contribution in [1.29, 1.82) is 0 Å². The fourth-order valence-corrected chi connectivity index (χ4v) is 5.69. The Morgan fingerprint density at radius 3 is 2.51 bits per heavy atom. The van der Waals surface area contributed by atoms with Crippen LogP contribution >= 0.6 is 24.0 Å². The van der Waals surface area contributed by atoms with Crippen molar-refractivity contribution in [2.75, 3.05) is 37.8 Å². The molecule has 0 bridgehead atoms. The fourth-order valence-electron chi connectivity index (χ4n) is 4.64. The van der Waals surface area contributed by atoms with E-state index >= 15 is 0 Å². The molecular weight excluding hydrogens is 482 g/mol. The minimum absolute atomic E-state index is 0.00699. The molecule has 35 heavy (non-hydrogen) atoms. The topological polar surface area (TPSA) is 71.1 Å². The van der Waals surface area contributed by atoms with Crippen molar-refractivity contribution in [3.05, 3.63) is 63.1 Å². The molecule has 0 aliphatic carbocycles. The Hall–Kier alpha value is -2.72. The second kappa shape index (κ2) is 10.1. The van der Waals surface area contributed by atoms with E-state index < -0.39 is 0 Å². The van der Waals surface area contributed by atoms with Crippen molar-refractivity contribution in [3.8, 4) is 5.75 Å². The molecule has 0 aromatic heterocycles. The van der Waals surface area contributed by atoms with Crippen molar-refractivity contribution >= 4 is 51.9 Å². The van der Waals surface area contributed by atoms with Gasteiger partial charge in [0.25, 0.3) is 11.8 Å². The maximum absolute atomic E-state index is 12.9. The summed E-state index contributed by atoms with van der Waals surface area (Å²) in [5.74, 6) is 0.359. The van der Waals surface area contributed by atoms with Gasteiger partial charge in [-0.3, -0.25) is 14.5 Å². The summed E-state index contributed by atoms with van der Waals surface area (Å²) >= 11 is 6.32. The fraction of sp³-hybridized carbons (Fsp3) is 0.346. The number of amides is 2. The molecule has 3 heterocycles. The summed E-state index contributed by atoms with van der Waals surface area (Å²) in [6, 6.07) is 9.97. The van der Waals surface area contributed by atoms with Crippen molar-refractivity contribution in [1.82, 2.24) is 10.2 Å². The van der Waals surface area contributed by atoms with E-state index in [0.717, 1.165) is 44.0 Å². The molecule has 5 rings (SSSR count). The number of carbonyl (C=O) groups excluding carboxylic acids is 2. The molecule has 2 aromatic rings. The van der Waals surface area contributed by atoms with Gasteiger partial charge in [-0.25, -0.2) is 0 Å². The lowest BCUT2D eigenvalue weighted by Crippen LogP contribution is -2.38. The molecule has 3 aliphatic heterocycles. The van der Waals surface area contributed by atoms with Gasteiger partial charge in [0.15, 0.2) is 6.61 Å². The predicted molar refractivity (Wildman–Crippen MR) is 141 cm³/mol. The number of thioether (sulfide) groups is 1. The number of benzene rings is 2. The molecule has 0 radical (unpaired) electrons. The third-order valence-corrected chi connectivity index (χ3v) is 7.61. The van der Waals surface area contributed by atoms with Gasteiger partial charge in [-0.2, -0.15) is 0 Å². The van der Waals surface area contributed by atoms with Crippen LogP contribution in [0.3, 0.4) is 0 Å². The van der Waals surface area contributed by atoms with Crippen LogP contribution < -0.4 is 15.0 Å². The van der Waals surface area contributed by atoms with Gasteiger partial charge in [0, 0.05) is 19.6 Å². The number of rotatable bonds is 5. The number of anilines is 1. The molecule has 2 aromatic carbocycles. The molecule has 0 atom stereocenters. The lowest BCUT2D eigenvalue weighted by molar-refractivity contribution is -0.121. The van der Waals surface area contributed by atoms with Crippen LogP contribution in [-0.2, 0) is 27.4 Å². The summed E-state index contributed by atoms with van der Waals surface area (Å²) in [6.45, 7) is 9.11. The Kier molecular flexibility index (Phi) is 6.93. The third kappa shape index (κ3) is 5.28. The van der Waals surface area contributed by atoms with Gasteiger partial charge in [0.05, 0.1) is 30.4 Å². The summed E-state index contributed by atoms with van der Waals surface area (Å²) in [7, 11) is 0.